The molecule has 0 amide bonds. The largest absolute Gasteiger partial charge is 0.327 e. The molecule has 0 saturated heterocycles. The zero-order valence-corrected chi connectivity index (χ0v) is 11.9. The van der Waals surface area contributed by atoms with E-state index < -0.39 is 0 Å². The van der Waals surface area contributed by atoms with Crippen LogP contribution in [-0.4, -0.2) is 19.7 Å². The lowest BCUT2D eigenvalue weighted by molar-refractivity contribution is 0.891. The summed E-state index contributed by atoms with van der Waals surface area (Å²) in [4.78, 5) is 13.5. The Bertz CT molecular complexity index is 445. The number of rotatable bonds is 0. The number of aromatic nitrogens is 4. The molecular formula is C12H24N4O. The molecule has 5 nitrogen and oxygen atoms in total. The number of aryl methyl sites for hydroxylation is 1. The average molecular weight is 240 g/mol. The summed E-state index contributed by atoms with van der Waals surface area (Å²) in [5, 5.41) is 7.37. The Morgan fingerprint density at radius 3 is 2.12 bits per heavy atom. The van der Waals surface area contributed by atoms with Gasteiger partial charge < -0.3 is 0 Å². The summed E-state index contributed by atoms with van der Waals surface area (Å²) >= 11 is 0. The van der Waals surface area contributed by atoms with Crippen molar-refractivity contribution in [2.24, 2.45) is 7.05 Å². The van der Waals surface area contributed by atoms with Crippen LogP contribution in [0.1, 0.15) is 41.5 Å². The van der Waals surface area contributed by atoms with Gasteiger partial charge in [0.25, 0.3) is 0 Å². The van der Waals surface area contributed by atoms with E-state index in [9.17, 15) is 4.79 Å². The first-order valence-corrected chi connectivity index (χ1v) is 6.15. The smallest absolute Gasteiger partial charge is 0.293 e. The zero-order chi connectivity index (χ0) is 13.8. The Labute approximate surface area is 103 Å². The molecule has 2 aromatic heterocycles. The highest BCUT2D eigenvalue weighted by Crippen LogP contribution is 2.00. The second kappa shape index (κ2) is 10.9. The second-order valence-corrected chi connectivity index (χ2v) is 2.25. The van der Waals surface area contributed by atoms with Gasteiger partial charge in [0.2, 0.25) is 0 Å². The molecule has 0 atom stereocenters. The lowest BCUT2D eigenvalue weighted by Gasteiger charge is -1.87. The van der Waals surface area contributed by atoms with E-state index in [0.717, 1.165) is 5.52 Å². The van der Waals surface area contributed by atoms with Gasteiger partial charge in [-0.05, 0) is 6.07 Å². The molecule has 98 valence electrons. The molecule has 0 bridgehead atoms. The molecule has 2 rings (SSSR count). The highest BCUT2D eigenvalue weighted by Gasteiger charge is 2.01. The lowest BCUT2D eigenvalue weighted by Crippen LogP contribution is -2.11. The summed E-state index contributed by atoms with van der Waals surface area (Å²) in [7, 11) is 1.68. The van der Waals surface area contributed by atoms with Crippen LogP contribution in [-0.2, 0) is 7.05 Å². The van der Waals surface area contributed by atoms with Crippen LogP contribution in [0, 0.1) is 0 Å². The van der Waals surface area contributed by atoms with E-state index in [1.54, 1.807) is 19.3 Å². The van der Waals surface area contributed by atoms with Crippen molar-refractivity contribution >= 4 is 11.2 Å². The zero-order valence-electron chi connectivity index (χ0n) is 11.9. The highest BCUT2D eigenvalue weighted by atomic mass is 16.1. The summed E-state index contributed by atoms with van der Waals surface area (Å²) in [5.74, 6) is 0. The monoisotopic (exact) mass is 240 g/mol. The highest BCUT2D eigenvalue weighted by molar-refractivity contribution is 5.69. The van der Waals surface area contributed by atoms with Crippen molar-refractivity contribution < 1.29 is 0 Å². The van der Waals surface area contributed by atoms with Crippen molar-refractivity contribution in [3.8, 4) is 0 Å². The standard InChI is InChI=1S/C6H6N4O.3C2H6/c1-10-4-2-3-7-9-5(4)8-6(10)11;3*1-2/h2-3H,1H3,(H,8,9,11);3*1-2H3. The van der Waals surface area contributed by atoms with Crippen molar-refractivity contribution in [1.29, 1.82) is 0 Å². The van der Waals surface area contributed by atoms with Crippen molar-refractivity contribution in [3.63, 3.8) is 0 Å². The molecule has 5 heteroatoms. The number of nitrogens with zero attached hydrogens (tertiary/aromatic N) is 3. The summed E-state index contributed by atoms with van der Waals surface area (Å²) in [6.45, 7) is 12.0. The number of H-pyrrole nitrogens is 1. The Hall–Kier alpha value is -1.65. The Balaban J connectivity index is 0. The number of nitrogens with one attached hydrogen (secondary N) is 1. The summed E-state index contributed by atoms with van der Waals surface area (Å²) < 4.78 is 1.49. The maximum atomic E-state index is 11.0. The summed E-state index contributed by atoms with van der Waals surface area (Å²) in [6, 6.07) is 1.74. The van der Waals surface area contributed by atoms with E-state index in [0.29, 0.717) is 5.65 Å². The number of hydrogen-bond acceptors (Lipinski definition) is 3. The molecule has 0 radical (unpaired) electrons. The van der Waals surface area contributed by atoms with Crippen LogP contribution in [0.3, 0.4) is 0 Å². The quantitative estimate of drug-likeness (QED) is 0.770. The molecule has 0 spiro atoms. The van der Waals surface area contributed by atoms with Crippen molar-refractivity contribution in [2.45, 2.75) is 41.5 Å². The van der Waals surface area contributed by atoms with Gasteiger partial charge in [0, 0.05) is 7.05 Å². The minimum Gasteiger partial charge on any atom is -0.293 e. The van der Waals surface area contributed by atoms with Crippen LogP contribution in [0.4, 0.5) is 0 Å². The van der Waals surface area contributed by atoms with E-state index >= 15 is 0 Å². The van der Waals surface area contributed by atoms with E-state index in [2.05, 4.69) is 15.2 Å². The van der Waals surface area contributed by atoms with Gasteiger partial charge in [-0.1, -0.05) is 41.5 Å². The van der Waals surface area contributed by atoms with Gasteiger partial charge in [0.15, 0.2) is 5.65 Å². The molecule has 0 aliphatic carbocycles. The SMILES string of the molecule is CC.CC.CC.Cn1c(=O)[nH]c2nnccc21. The maximum absolute atomic E-state index is 11.0. The average Bonchev–Trinajstić information content (AvgIpc) is 2.73. The Morgan fingerprint density at radius 2 is 1.65 bits per heavy atom. The first-order valence-electron chi connectivity index (χ1n) is 6.15. The molecule has 17 heavy (non-hydrogen) atoms. The Morgan fingerprint density at radius 1 is 1.12 bits per heavy atom. The van der Waals surface area contributed by atoms with Gasteiger partial charge in [-0.2, -0.15) is 5.10 Å². The third-order valence-electron chi connectivity index (χ3n) is 1.59. The molecular weight excluding hydrogens is 216 g/mol. The van der Waals surface area contributed by atoms with Gasteiger partial charge in [0.1, 0.15) is 0 Å². The fourth-order valence-corrected chi connectivity index (χ4v) is 0.979. The van der Waals surface area contributed by atoms with Crippen LogP contribution >= 0.6 is 0 Å². The second-order valence-electron chi connectivity index (χ2n) is 2.25. The van der Waals surface area contributed by atoms with Crippen LogP contribution in [0.2, 0.25) is 0 Å². The molecule has 0 unspecified atom stereocenters. The van der Waals surface area contributed by atoms with Crippen molar-refractivity contribution in [1.82, 2.24) is 19.7 Å². The summed E-state index contributed by atoms with van der Waals surface area (Å²) in [5.41, 5.74) is 1.13. The molecule has 0 saturated carbocycles. The Kier molecular flexibility index (Phi) is 11.3. The van der Waals surface area contributed by atoms with Crippen LogP contribution in [0.25, 0.3) is 11.2 Å². The van der Waals surface area contributed by atoms with Gasteiger partial charge in [-0.3, -0.25) is 9.55 Å². The number of hydrogen-bond donors (Lipinski definition) is 1. The maximum Gasteiger partial charge on any atom is 0.327 e. The van der Waals surface area contributed by atoms with Crippen LogP contribution in [0.15, 0.2) is 17.1 Å². The summed E-state index contributed by atoms with van der Waals surface area (Å²) in [6.07, 6.45) is 1.55. The lowest BCUT2D eigenvalue weighted by atomic mass is 10.5. The fraction of sp³-hybridized carbons (Fsp3) is 0.583. The van der Waals surface area contributed by atoms with E-state index in [1.807, 2.05) is 41.5 Å². The van der Waals surface area contributed by atoms with E-state index in [4.69, 9.17) is 0 Å². The normalized spacial score (nSPS) is 7.94. The molecule has 0 fully saturated rings. The number of fused-ring (bicyclic) bond motifs is 1. The van der Waals surface area contributed by atoms with Gasteiger partial charge in [0.05, 0.1) is 11.7 Å². The predicted octanol–water partition coefficient (Wildman–Crippen LogP) is 2.74. The van der Waals surface area contributed by atoms with Gasteiger partial charge in [-0.25, -0.2) is 4.79 Å². The first-order chi connectivity index (χ1) is 8.29. The molecule has 2 heterocycles. The van der Waals surface area contributed by atoms with Crippen molar-refractivity contribution in [2.75, 3.05) is 0 Å². The minimum absolute atomic E-state index is 0.166. The topological polar surface area (TPSA) is 63.6 Å². The van der Waals surface area contributed by atoms with E-state index in [-0.39, 0.29) is 5.69 Å². The molecule has 1 N–H and O–H groups in total. The minimum atomic E-state index is -0.166. The molecule has 0 aliphatic heterocycles. The van der Waals surface area contributed by atoms with Gasteiger partial charge >= 0.3 is 5.69 Å². The van der Waals surface area contributed by atoms with Crippen LogP contribution < -0.4 is 5.69 Å². The van der Waals surface area contributed by atoms with Crippen molar-refractivity contribution in [3.05, 3.63) is 22.7 Å². The molecule has 0 aromatic carbocycles. The molecule has 0 aliphatic rings. The number of aromatic amines is 1. The third kappa shape index (κ3) is 4.80. The number of imidazole rings is 1. The van der Waals surface area contributed by atoms with Gasteiger partial charge in [-0.15, -0.1) is 5.10 Å². The molecule has 2 aromatic rings. The fourth-order valence-electron chi connectivity index (χ4n) is 0.979. The van der Waals surface area contributed by atoms with Crippen LogP contribution in [0.5, 0.6) is 0 Å². The first kappa shape index (κ1) is 17.7. The van der Waals surface area contributed by atoms with E-state index in [1.165, 1.54) is 4.57 Å². The predicted molar refractivity (Wildman–Crippen MR) is 73.2 cm³/mol. The third-order valence-corrected chi connectivity index (χ3v) is 1.59.